The lowest BCUT2D eigenvalue weighted by Gasteiger charge is -2.38. The van der Waals surface area contributed by atoms with Gasteiger partial charge in [0.2, 0.25) is 0 Å². The monoisotopic (exact) mass is 523 g/mol. The summed E-state index contributed by atoms with van der Waals surface area (Å²) in [5.41, 5.74) is 10.4. The van der Waals surface area contributed by atoms with E-state index in [2.05, 4.69) is 53.0 Å². The summed E-state index contributed by atoms with van der Waals surface area (Å²) >= 11 is 0. The molecule has 1 aromatic rings. The smallest absolute Gasteiger partial charge is 0.272 e. The Morgan fingerprint density at radius 2 is 1.89 bits per heavy atom. The standard InChI is InChI=1S/C30H45N5O3/c1-21-7-9-24(10-8-21)25-6-5-14-35(18-25)23(3)22(2)29(32-20-31)30(36)34-15-11-26(12-16-34)33-27-13-17-38-19-28(27)37-4/h7-10,20,25-28,33H,3,5-6,11-19H2,1-2,4H3,(H2,31,32)/b29-22-. The van der Waals surface area contributed by atoms with Gasteiger partial charge in [-0.1, -0.05) is 36.4 Å². The lowest BCUT2D eigenvalue weighted by atomic mass is 9.89. The highest BCUT2D eigenvalue weighted by Crippen LogP contribution is 2.31. The van der Waals surface area contributed by atoms with Crippen LogP contribution >= 0.6 is 0 Å². The predicted octanol–water partition coefficient (Wildman–Crippen LogP) is 3.33. The number of amides is 1. The first-order valence-corrected chi connectivity index (χ1v) is 14.0. The number of hydrogen-bond donors (Lipinski definition) is 2. The molecule has 0 bridgehead atoms. The van der Waals surface area contributed by atoms with E-state index in [1.807, 2.05) is 11.8 Å². The van der Waals surface area contributed by atoms with Gasteiger partial charge in [-0.05, 0) is 51.5 Å². The average Bonchev–Trinajstić information content (AvgIpc) is 2.96. The van der Waals surface area contributed by atoms with E-state index in [1.54, 1.807) is 7.11 Å². The lowest BCUT2D eigenvalue weighted by molar-refractivity contribution is -0.128. The number of hydrogen-bond acceptors (Lipinski definition) is 6. The zero-order chi connectivity index (χ0) is 27.1. The van der Waals surface area contributed by atoms with Gasteiger partial charge < -0.3 is 30.3 Å². The highest BCUT2D eigenvalue weighted by atomic mass is 16.5. The number of nitrogens with zero attached hydrogens (tertiary/aromatic N) is 3. The zero-order valence-electron chi connectivity index (χ0n) is 23.3. The molecule has 0 spiro atoms. The number of methoxy groups -OCH3 is 1. The van der Waals surface area contributed by atoms with E-state index in [0.717, 1.165) is 63.1 Å². The van der Waals surface area contributed by atoms with Crippen molar-refractivity contribution >= 4 is 12.2 Å². The van der Waals surface area contributed by atoms with Crippen molar-refractivity contribution in [1.82, 2.24) is 15.1 Å². The number of nitrogens with one attached hydrogen (secondary N) is 1. The molecule has 3 saturated heterocycles. The summed E-state index contributed by atoms with van der Waals surface area (Å²) < 4.78 is 11.2. The summed E-state index contributed by atoms with van der Waals surface area (Å²) in [6.07, 6.45) is 6.27. The Morgan fingerprint density at radius 3 is 2.58 bits per heavy atom. The normalized spacial score (nSPS) is 25.9. The molecule has 208 valence electrons. The molecule has 0 aliphatic carbocycles. The summed E-state index contributed by atoms with van der Waals surface area (Å²) in [6, 6.07) is 9.47. The fourth-order valence-corrected chi connectivity index (χ4v) is 5.93. The Morgan fingerprint density at radius 1 is 1.16 bits per heavy atom. The van der Waals surface area contributed by atoms with Crippen molar-refractivity contribution in [2.45, 2.75) is 70.1 Å². The highest BCUT2D eigenvalue weighted by molar-refractivity contribution is 5.95. The van der Waals surface area contributed by atoms with E-state index in [4.69, 9.17) is 15.2 Å². The molecular weight excluding hydrogens is 478 g/mol. The third-order valence-corrected chi connectivity index (χ3v) is 8.38. The molecule has 3 atom stereocenters. The van der Waals surface area contributed by atoms with Crippen LogP contribution in [-0.4, -0.2) is 86.7 Å². The van der Waals surface area contributed by atoms with E-state index in [9.17, 15) is 4.79 Å². The molecule has 3 heterocycles. The summed E-state index contributed by atoms with van der Waals surface area (Å²) in [5, 5.41) is 3.75. The van der Waals surface area contributed by atoms with Crippen molar-refractivity contribution in [1.29, 1.82) is 0 Å². The molecule has 3 unspecified atom stereocenters. The number of carbonyl (C=O) groups excluding carboxylic acids is 1. The van der Waals surface area contributed by atoms with Crippen LogP contribution in [0.1, 0.15) is 56.1 Å². The van der Waals surface area contributed by atoms with Crippen LogP contribution in [0, 0.1) is 6.92 Å². The Hall–Kier alpha value is -2.68. The van der Waals surface area contributed by atoms with E-state index in [1.165, 1.54) is 17.5 Å². The molecule has 1 amide bonds. The Kier molecular flexibility index (Phi) is 9.99. The minimum Gasteiger partial charge on any atom is -0.390 e. The fraction of sp³-hybridized carbons (Fsp3) is 0.600. The first kappa shape index (κ1) is 28.3. The summed E-state index contributed by atoms with van der Waals surface area (Å²) in [7, 11) is 1.74. The fourth-order valence-electron chi connectivity index (χ4n) is 5.93. The molecule has 0 aromatic heterocycles. The lowest BCUT2D eigenvalue weighted by Crippen LogP contribution is -2.54. The van der Waals surface area contributed by atoms with Crippen LogP contribution in [0.4, 0.5) is 0 Å². The van der Waals surface area contributed by atoms with Crippen molar-refractivity contribution in [3.05, 3.63) is 58.9 Å². The van der Waals surface area contributed by atoms with Crippen LogP contribution in [0.15, 0.2) is 52.8 Å². The molecule has 4 rings (SSSR count). The second-order valence-electron chi connectivity index (χ2n) is 10.9. The number of ether oxygens (including phenoxy) is 2. The number of rotatable bonds is 8. The van der Waals surface area contributed by atoms with E-state index >= 15 is 0 Å². The van der Waals surface area contributed by atoms with Gasteiger partial charge in [0.1, 0.15) is 5.70 Å². The average molecular weight is 524 g/mol. The maximum absolute atomic E-state index is 13.6. The van der Waals surface area contributed by atoms with Crippen molar-refractivity contribution in [3.8, 4) is 0 Å². The van der Waals surface area contributed by atoms with Gasteiger partial charge in [0, 0.05) is 69.2 Å². The van der Waals surface area contributed by atoms with Gasteiger partial charge in [-0.25, -0.2) is 4.99 Å². The number of allylic oxidation sites excluding steroid dienone is 1. The van der Waals surface area contributed by atoms with Gasteiger partial charge in [-0.15, -0.1) is 0 Å². The molecule has 3 aliphatic heterocycles. The predicted molar refractivity (Wildman–Crippen MR) is 152 cm³/mol. The van der Waals surface area contributed by atoms with Crippen LogP contribution in [0.3, 0.4) is 0 Å². The Labute approximate surface area is 227 Å². The summed E-state index contributed by atoms with van der Waals surface area (Å²) in [6.45, 7) is 13.0. The van der Waals surface area contributed by atoms with Gasteiger partial charge in [0.15, 0.2) is 0 Å². The maximum atomic E-state index is 13.6. The molecule has 0 saturated carbocycles. The molecule has 1 aromatic carbocycles. The van der Waals surface area contributed by atoms with Gasteiger partial charge in [0.25, 0.3) is 5.91 Å². The van der Waals surface area contributed by atoms with Crippen LogP contribution in [-0.2, 0) is 14.3 Å². The topological polar surface area (TPSA) is 92.4 Å². The van der Waals surface area contributed by atoms with E-state index < -0.39 is 0 Å². The van der Waals surface area contributed by atoms with Crippen molar-refractivity contribution in [3.63, 3.8) is 0 Å². The van der Waals surface area contributed by atoms with Gasteiger partial charge >= 0.3 is 0 Å². The largest absolute Gasteiger partial charge is 0.390 e. The minimum absolute atomic E-state index is 0.0725. The van der Waals surface area contributed by atoms with Crippen LogP contribution in [0.25, 0.3) is 0 Å². The number of nitrogens with two attached hydrogens (primary N) is 1. The molecule has 0 radical (unpaired) electrons. The first-order chi connectivity index (χ1) is 18.4. The number of likely N-dealkylation sites (tertiary alicyclic amines) is 2. The van der Waals surface area contributed by atoms with Gasteiger partial charge in [0.05, 0.1) is 19.0 Å². The number of benzene rings is 1. The number of aliphatic imine (C=N–C) groups is 1. The second kappa shape index (κ2) is 13.4. The van der Waals surface area contributed by atoms with Gasteiger partial charge in [-0.3, -0.25) is 4.79 Å². The highest BCUT2D eigenvalue weighted by Gasteiger charge is 2.32. The second-order valence-corrected chi connectivity index (χ2v) is 10.9. The number of carbonyl (C=O) groups is 1. The van der Waals surface area contributed by atoms with Crippen LogP contribution in [0.2, 0.25) is 0 Å². The first-order valence-electron chi connectivity index (χ1n) is 14.0. The molecular formula is C30H45N5O3. The minimum atomic E-state index is -0.0725. The van der Waals surface area contributed by atoms with Crippen molar-refractivity contribution in [2.75, 3.05) is 46.5 Å². The summed E-state index contributed by atoms with van der Waals surface area (Å²) in [4.78, 5) is 22.2. The molecule has 38 heavy (non-hydrogen) atoms. The molecule has 3 fully saturated rings. The zero-order valence-corrected chi connectivity index (χ0v) is 23.3. The molecule has 8 heteroatoms. The van der Waals surface area contributed by atoms with Crippen LogP contribution < -0.4 is 11.1 Å². The number of piperidine rings is 2. The van der Waals surface area contributed by atoms with Crippen LogP contribution in [0.5, 0.6) is 0 Å². The third kappa shape index (κ3) is 6.84. The number of aryl methyl sites for hydroxylation is 1. The van der Waals surface area contributed by atoms with Crippen molar-refractivity contribution < 1.29 is 14.3 Å². The molecule has 8 nitrogen and oxygen atoms in total. The molecule has 3 N–H and O–H groups in total. The summed E-state index contributed by atoms with van der Waals surface area (Å²) in [5.74, 6) is 0.378. The Balaban J connectivity index is 1.38. The van der Waals surface area contributed by atoms with Crippen molar-refractivity contribution in [2.24, 2.45) is 10.7 Å². The quantitative estimate of drug-likeness (QED) is 0.235. The maximum Gasteiger partial charge on any atom is 0.272 e. The van der Waals surface area contributed by atoms with E-state index in [0.29, 0.717) is 37.4 Å². The molecule has 3 aliphatic rings. The SMILES string of the molecule is C=C(/C(C)=C(\N=CN)C(=O)N1CCC(NC2CCOCC2OC)CC1)N1CCCC(c2ccc(C)cc2)C1. The van der Waals surface area contributed by atoms with Gasteiger partial charge in [-0.2, -0.15) is 0 Å². The Bertz CT molecular complexity index is 1010. The van der Waals surface area contributed by atoms with E-state index in [-0.39, 0.29) is 18.1 Å². The third-order valence-electron chi connectivity index (χ3n) is 8.38.